The number of hydrogen-bond donors (Lipinski definition) is 1. The van der Waals surface area contributed by atoms with Crippen LogP contribution in [0, 0.1) is 29.6 Å². The highest BCUT2D eigenvalue weighted by atomic mass is 16.4. The largest absolute Gasteiger partial charge is 0.481 e. The first-order valence-corrected chi connectivity index (χ1v) is 4.94. The third-order valence-corrected chi connectivity index (χ3v) is 4.26. The molecule has 2 bridgehead atoms. The Bertz CT molecular complexity index is 295. The van der Waals surface area contributed by atoms with Gasteiger partial charge < -0.3 is 5.11 Å². The molecule has 13 heavy (non-hydrogen) atoms. The second kappa shape index (κ2) is 2.14. The van der Waals surface area contributed by atoms with Crippen molar-refractivity contribution >= 4 is 11.8 Å². The van der Waals surface area contributed by atoms with Crippen molar-refractivity contribution in [3.63, 3.8) is 0 Å². The average molecular weight is 180 g/mol. The van der Waals surface area contributed by atoms with Gasteiger partial charge in [0, 0.05) is 12.3 Å². The Labute approximate surface area is 76.1 Å². The van der Waals surface area contributed by atoms with Crippen molar-refractivity contribution < 1.29 is 14.7 Å². The van der Waals surface area contributed by atoms with E-state index in [0.717, 1.165) is 12.8 Å². The van der Waals surface area contributed by atoms with Gasteiger partial charge in [0.15, 0.2) is 0 Å². The molecule has 0 aromatic heterocycles. The van der Waals surface area contributed by atoms with Gasteiger partial charge in [0.2, 0.25) is 0 Å². The van der Waals surface area contributed by atoms with E-state index in [4.69, 9.17) is 5.11 Å². The number of ketones is 1. The lowest BCUT2D eigenvalue weighted by atomic mass is 9.80. The first-order chi connectivity index (χ1) is 6.18. The molecule has 3 nitrogen and oxygen atoms in total. The number of carboxylic acid groups (broad SMARTS) is 1. The van der Waals surface area contributed by atoms with E-state index < -0.39 is 5.97 Å². The Balaban J connectivity index is 2.01. The number of hydrogen-bond acceptors (Lipinski definition) is 2. The zero-order chi connectivity index (χ0) is 9.16. The summed E-state index contributed by atoms with van der Waals surface area (Å²) in [7, 11) is 0. The highest BCUT2D eigenvalue weighted by Gasteiger charge is 2.61. The number of aliphatic carboxylic acids is 1. The highest BCUT2D eigenvalue weighted by molar-refractivity contribution is 5.90. The van der Waals surface area contributed by atoms with Gasteiger partial charge in [0.05, 0.1) is 5.92 Å². The fourth-order valence-electron chi connectivity index (χ4n) is 3.92. The van der Waals surface area contributed by atoms with E-state index in [1.165, 1.54) is 0 Å². The molecule has 3 fully saturated rings. The van der Waals surface area contributed by atoms with E-state index in [0.29, 0.717) is 24.2 Å². The number of carbonyl (C=O) groups excluding carboxylic acids is 1. The van der Waals surface area contributed by atoms with Gasteiger partial charge >= 0.3 is 5.97 Å². The normalized spacial score (nSPS) is 51.7. The van der Waals surface area contributed by atoms with Gasteiger partial charge in [-0.3, -0.25) is 9.59 Å². The molecule has 0 aromatic rings. The van der Waals surface area contributed by atoms with E-state index in [1.807, 2.05) is 0 Å². The van der Waals surface area contributed by atoms with Gasteiger partial charge in [0.25, 0.3) is 0 Å². The van der Waals surface area contributed by atoms with Gasteiger partial charge in [0.1, 0.15) is 5.78 Å². The van der Waals surface area contributed by atoms with E-state index in [-0.39, 0.29) is 17.6 Å². The van der Waals surface area contributed by atoms with E-state index in [9.17, 15) is 9.59 Å². The molecule has 70 valence electrons. The molecular weight excluding hydrogens is 168 g/mol. The summed E-state index contributed by atoms with van der Waals surface area (Å²) in [6.07, 6.45) is 2.65. The molecule has 3 rings (SSSR count). The third kappa shape index (κ3) is 0.754. The van der Waals surface area contributed by atoms with Gasteiger partial charge in [-0.05, 0) is 30.6 Å². The van der Waals surface area contributed by atoms with Crippen molar-refractivity contribution in [1.29, 1.82) is 0 Å². The molecule has 3 aliphatic carbocycles. The summed E-state index contributed by atoms with van der Waals surface area (Å²) in [5, 5.41) is 9.02. The average Bonchev–Trinajstić information content (AvgIpc) is 2.60. The maximum Gasteiger partial charge on any atom is 0.307 e. The van der Waals surface area contributed by atoms with Crippen LogP contribution in [-0.2, 0) is 9.59 Å². The third-order valence-electron chi connectivity index (χ3n) is 4.26. The second-order valence-corrected chi connectivity index (χ2v) is 4.72. The molecule has 0 spiro atoms. The summed E-state index contributed by atoms with van der Waals surface area (Å²) in [5.74, 6) is 0.312. The zero-order valence-electron chi connectivity index (χ0n) is 7.27. The standard InChI is InChI=1S/C10H12O3/c11-7-3-4-1-5-2-6(4)9(7)8(5)10(12)13/h4-6,8-9H,1-3H2,(H,12,13). The first-order valence-electron chi connectivity index (χ1n) is 4.94. The summed E-state index contributed by atoms with van der Waals surface area (Å²) in [6.45, 7) is 0. The van der Waals surface area contributed by atoms with Crippen LogP contribution in [0.3, 0.4) is 0 Å². The fourth-order valence-corrected chi connectivity index (χ4v) is 3.92. The van der Waals surface area contributed by atoms with Crippen molar-refractivity contribution in [2.45, 2.75) is 19.3 Å². The molecule has 5 unspecified atom stereocenters. The molecule has 0 aromatic carbocycles. The smallest absolute Gasteiger partial charge is 0.307 e. The Hall–Kier alpha value is -0.860. The minimum absolute atomic E-state index is 0.110. The van der Waals surface area contributed by atoms with Gasteiger partial charge in [-0.1, -0.05) is 0 Å². The lowest BCUT2D eigenvalue weighted by Crippen LogP contribution is -2.30. The van der Waals surface area contributed by atoms with E-state index in [1.54, 1.807) is 0 Å². The van der Waals surface area contributed by atoms with Crippen molar-refractivity contribution in [2.24, 2.45) is 29.6 Å². The summed E-state index contributed by atoms with van der Waals surface area (Å²) in [6, 6.07) is 0. The molecular formula is C10H12O3. The number of Topliss-reactive ketones (excluding diaryl/α,β-unsaturated/α-hetero) is 1. The molecule has 5 atom stereocenters. The topological polar surface area (TPSA) is 54.4 Å². The molecule has 0 radical (unpaired) electrons. The lowest BCUT2D eigenvalue weighted by Gasteiger charge is -2.23. The van der Waals surface area contributed by atoms with Crippen LogP contribution in [0.25, 0.3) is 0 Å². The molecule has 3 aliphatic rings. The Kier molecular flexibility index (Phi) is 1.24. The number of carboxylic acids is 1. The monoisotopic (exact) mass is 180 g/mol. The molecule has 3 saturated carbocycles. The van der Waals surface area contributed by atoms with Crippen molar-refractivity contribution in [3.05, 3.63) is 0 Å². The Morgan fingerprint density at radius 1 is 1.31 bits per heavy atom. The van der Waals surface area contributed by atoms with Crippen LogP contribution in [0.5, 0.6) is 0 Å². The van der Waals surface area contributed by atoms with Crippen LogP contribution in [0.15, 0.2) is 0 Å². The van der Waals surface area contributed by atoms with Crippen molar-refractivity contribution in [1.82, 2.24) is 0 Å². The summed E-state index contributed by atoms with van der Waals surface area (Å²) >= 11 is 0. The summed E-state index contributed by atoms with van der Waals surface area (Å²) in [5.41, 5.74) is 0. The predicted octanol–water partition coefficient (Wildman–Crippen LogP) is 0.932. The van der Waals surface area contributed by atoms with Gasteiger partial charge in [-0.15, -0.1) is 0 Å². The zero-order valence-corrected chi connectivity index (χ0v) is 7.27. The number of rotatable bonds is 1. The molecule has 0 amide bonds. The lowest BCUT2D eigenvalue weighted by molar-refractivity contribution is -0.147. The summed E-state index contributed by atoms with van der Waals surface area (Å²) < 4.78 is 0. The summed E-state index contributed by atoms with van der Waals surface area (Å²) in [4.78, 5) is 22.5. The van der Waals surface area contributed by atoms with Crippen LogP contribution >= 0.6 is 0 Å². The highest BCUT2D eigenvalue weighted by Crippen LogP contribution is 2.61. The van der Waals surface area contributed by atoms with Crippen LogP contribution < -0.4 is 0 Å². The molecule has 1 N–H and O–H groups in total. The molecule has 0 saturated heterocycles. The van der Waals surface area contributed by atoms with Crippen LogP contribution in [0.2, 0.25) is 0 Å². The maximum atomic E-state index is 11.5. The van der Waals surface area contributed by atoms with Crippen LogP contribution in [-0.4, -0.2) is 16.9 Å². The minimum Gasteiger partial charge on any atom is -0.481 e. The van der Waals surface area contributed by atoms with Gasteiger partial charge in [-0.2, -0.15) is 0 Å². The molecule has 3 heteroatoms. The number of carbonyl (C=O) groups is 2. The first kappa shape index (κ1) is 7.54. The van der Waals surface area contributed by atoms with E-state index in [2.05, 4.69) is 0 Å². The van der Waals surface area contributed by atoms with Crippen molar-refractivity contribution in [2.75, 3.05) is 0 Å². The SMILES string of the molecule is O=C(O)C1C2CC3CC(=O)C1C3C2. The van der Waals surface area contributed by atoms with E-state index >= 15 is 0 Å². The second-order valence-electron chi connectivity index (χ2n) is 4.72. The fraction of sp³-hybridized carbons (Fsp3) is 0.800. The molecule has 0 aliphatic heterocycles. The van der Waals surface area contributed by atoms with Crippen LogP contribution in [0.4, 0.5) is 0 Å². The van der Waals surface area contributed by atoms with Gasteiger partial charge in [-0.25, -0.2) is 0 Å². The quantitative estimate of drug-likeness (QED) is 0.653. The Morgan fingerprint density at radius 2 is 2.08 bits per heavy atom. The predicted molar refractivity (Wildman–Crippen MR) is 43.9 cm³/mol. The number of fused-ring (bicyclic) bond motifs is 1. The minimum atomic E-state index is -0.744. The van der Waals surface area contributed by atoms with Crippen molar-refractivity contribution in [3.8, 4) is 0 Å². The molecule has 0 heterocycles. The Morgan fingerprint density at radius 3 is 2.77 bits per heavy atom. The van der Waals surface area contributed by atoms with Crippen LogP contribution in [0.1, 0.15) is 19.3 Å². The maximum absolute atomic E-state index is 11.5.